The summed E-state index contributed by atoms with van der Waals surface area (Å²) in [6, 6.07) is 7.34. The van der Waals surface area contributed by atoms with Crippen molar-refractivity contribution in [3.05, 3.63) is 53.3 Å². The Morgan fingerprint density at radius 1 is 1.20 bits per heavy atom. The minimum absolute atomic E-state index is 0.00925. The van der Waals surface area contributed by atoms with Crippen LogP contribution in [-0.4, -0.2) is 55.7 Å². The van der Waals surface area contributed by atoms with Crippen LogP contribution >= 0.6 is 0 Å². The van der Waals surface area contributed by atoms with E-state index in [-0.39, 0.29) is 11.5 Å². The number of fused-ring (bicyclic) bond motifs is 2. The quantitative estimate of drug-likeness (QED) is 0.811. The maximum Gasteiger partial charge on any atom is 0.239 e. The van der Waals surface area contributed by atoms with Crippen LogP contribution in [0.4, 0.5) is 0 Å². The van der Waals surface area contributed by atoms with E-state index < -0.39 is 6.04 Å². The molecule has 3 heterocycles. The number of ether oxygens (including phenoxy) is 3. The smallest absolute Gasteiger partial charge is 0.239 e. The van der Waals surface area contributed by atoms with E-state index >= 15 is 0 Å². The average molecular weight is 412 g/mol. The molecule has 1 amide bonds. The number of methoxy groups -OCH3 is 2. The number of hydrogen-bond donors (Lipinski definition) is 1. The third-order valence-electron chi connectivity index (χ3n) is 6.25. The number of pyridine rings is 1. The molecular formula is C23H29N3O4. The molecule has 2 aliphatic heterocycles. The highest BCUT2D eigenvalue weighted by atomic mass is 16.5. The highest BCUT2D eigenvalue weighted by molar-refractivity contribution is 5.82. The lowest BCUT2D eigenvalue weighted by molar-refractivity contribution is -0.142. The van der Waals surface area contributed by atoms with E-state index in [0.29, 0.717) is 31.9 Å². The molecule has 160 valence electrons. The Balaban J connectivity index is 1.47. The molecule has 2 aromatic rings. The van der Waals surface area contributed by atoms with Crippen molar-refractivity contribution >= 4 is 5.91 Å². The Bertz CT molecular complexity index is 895. The summed E-state index contributed by atoms with van der Waals surface area (Å²) < 4.78 is 17.3. The van der Waals surface area contributed by atoms with Gasteiger partial charge in [-0.1, -0.05) is 0 Å². The van der Waals surface area contributed by atoms with E-state index in [0.717, 1.165) is 36.1 Å². The highest BCUT2D eigenvalue weighted by Crippen LogP contribution is 2.45. The van der Waals surface area contributed by atoms with Crippen LogP contribution in [-0.2, 0) is 28.0 Å². The second-order valence-electron chi connectivity index (χ2n) is 7.95. The molecule has 1 aromatic carbocycles. The molecule has 1 fully saturated rings. The van der Waals surface area contributed by atoms with Crippen LogP contribution in [0.2, 0.25) is 0 Å². The molecule has 2 N–H and O–H groups in total. The first-order valence-corrected chi connectivity index (χ1v) is 10.4. The number of nitrogens with two attached hydrogens (primary N) is 1. The van der Waals surface area contributed by atoms with Gasteiger partial charge in [0.1, 0.15) is 0 Å². The maximum atomic E-state index is 12.9. The van der Waals surface area contributed by atoms with Crippen molar-refractivity contribution in [2.45, 2.75) is 37.3 Å². The number of rotatable bonds is 5. The molecule has 7 nitrogen and oxygen atoms in total. The zero-order chi connectivity index (χ0) is 21.1. The van der Waals surface area contributed by atoms with E-state index in [2.05, 4.69) is 11.1 Å². The third-order valence-corrected chi connectivity index (χ3v) is 6.25. The fraction of sp³-hybridized carbons (Fsp3) is 0.478. The maximum absolute atomic E-state index is 12.9. The normalized spacial score (nSPS) is 18.6. The monoisotopic (exact) mass is 411 g/mol. The summed E-state index contributed by atoms with van der Waals surface area (Å²) in [5, 5.41) is 0. The van der Waals surface area contributed by atoms with Crippen LogP contribution in [0.25, 0.3) is 0 Å². The SMILES string of the molecule is COc1cc2c(cc1OC)C1(CCN(C(=O)[C@H](N)Cc3ccncc3)CC1)OCC2. The average Bonchev–Trinajstić information content (AvgIpc) is 2.79. The Labute approximate surface area is 177 Å². The van der Waals surface area contributed by atoms with Gasteiger partial charge in [-0.05, 0) is 66.6 Å². The number of carbonyl (C=O) groups is 1. The number of piperidine rings is 1. The van der Waals surface area contributed by atoms with Crippen molar-refractivity contribution in [2.75, 3.05) is 33.9 Å². The molecule has 0 bridgehead atoms. The van der Waals surface area contributed by atoms with Gasteiger partial charge in [-0.25, -0.2) is 0 Å². The Hall–Kier alpha value is -2.64. The van der Waals surface area contributed by atoms with Gasteiger partial charge in [-0.2, -0.15) is 0 Å². The lowest BCUT2D eigenvalue weighted by Crippen LogP contribution is -2.52. The molecule has 4 rings (SSSR count). The van der Waals surface area contributed by atoms with Gasteiger partial charge < -0.3 is 24.8 Å². The van der Waals surface area contributed by atoms with Gasteiger partial charge in [0, 0.05) is 25.5 Å². The molecule has 30 heavy (non-hydrogen) atoms. The van der Waals surface area contributed by atoms with Crippen LogP contribution < -0.4 is 15.2 Å². The number of nitrogens with zero attached hydrogens (tertiary/aromatic N) is 2. The van der Waals surface area contributed by atoms with Crippen LogP contribution in [0.5, 0.6) is 11.5 Å². The van der Waals surface area contributed by atoms with Crippen LogP contribution in [0.3, 0.4) is 0 Å². The molecule has 1 saturated heterocycles. The van der Waals surface area contributed by atoms with Gasteiger partial charge in [0.25, 0.3) is 0 Å². The predicted octanol–water partition coefficient (Wildman–Crippen LogP) is 2.06. The highest BCUT2D eigenvalue weighted by Gasteiger charge is 2.42. The Morgan fingerprint density at radius 3 is 2.53 bits per heavy atom. The molecular weight excluding hydrogens is 382 g/mol. The first kappa shape index (κ1) is 20.6. The number of carbonyl (C=O) groups excluding carboxylic acids is 1. The van der Waals surface area contributed by atoms with E-state index in [9.17, 15) is 4.79 Å². The number of hydrogen-bond acceptors (Lipinski definition) is 6. The van der Waals surface area contributed by atoms with E-state index in [1.54, 1.807) is 26.6 Å². The molecule has 0 radical (unpaired) electrons. The lowest BCUT2D eigenvalue weighted by Gasteiger charge is -2.45. The molecule has 1 atom stereocenters. The molecule has 0 aliphatic carbocycles. The number of likely N-dealkylation sites (tertiary alicyclic amines) is 1. The molecule has 0 saturated carbocycles. The van der Waals surface area contributed by atoms with Gasteiger partial charge in [0.05, 0.1) is 32.5 Å². The van der Waals surface area contributed by atoms with Gasteiger partial charge >= 0.3 is 0 Å². The standard InChI is InChI=1S/C23H29N3O4/c1-28-20-14-17-5-12-30-23(18(17)15-21(20)29-2)6-10-26(11-7-23)22(27)19(24)13-16-3-8-25-9-4-16/h3-4,8-9,14-15,19H,5-7,10-13,24H2,1-2H3/t19-/m1/s1. The van der Waals surface area contributed by atoms with Gasteiger partial charge in [-0.15, -0.1) is 0 Å². The van der Waals surface area contributed by atoms with Gasteiger partial charge in [0.15, 0.2) is 11.5 Å². The van der Waals surface area contributed by atoms with Gasteiger partial charge in [-0.3, -0.25) is 9.78 Å². The first-order chi connectivity index (χ1) is 14.6. The van der Waals surface area contributed by atoms with Crippen LogP contribution in [0.15, 0.2) is 36.7 Å². The van der Waals surface area contributed by atoms with Crippen molar-refractivity contribution in [1.82, 2.24) is 9.88 Å². The van der Waals surface area contributed by atoms with Crippen molar-refractivity contribution in [2.24, 2.45) is 5.73 Å². The van der Waals surface area contributed by atoms with Crippen molar-refractivity contribution in [3.63, 3.8) is 0 Å². The summed E-state index contributed by atoms with van der Waals surface area (Å²) in [6.07, 6.45) is 6.28. The Kier molecular flexibility index (Phi) is 5.92. The molecule has 7 heteroatoms. The Morgan fingerprint density at radius 2 is 1.87 bits per heavy atom. The summed E-state index contributed by atoms with van der Waals surface area (Å²) in [6.45, 7) is 1.91. The number of benzene rings is 1. The predicted molar refractivity (Wildman–Crippen MR) is 113 cm³/mol. The summed E-state index contributed by atoms with van der Waals surface area (Å²) in [7, 11) is 3.30. The molecule has 0 unspecified atom stereocenters. The third kappa shape index (κ3) is 3.87. The summed E-state index contributed by atoms with van der Waals surface area (Å²) >= 11 is 0. The molecule has 2 aliphatic rings. The topological polar surface area (TPSA) is 86.9 Å². The van der Waals surface area contributed by atoms with Crippen molar-refractivity contribution < 1.29 is 19.0 Å². The minimum atomic E-state index is -0.551. The van der Waals surface area contributed by atoms with E-state index in [4.69, 9.17) is 19.9 Å². The summed E-state index contributed by atoms with van der Waals surface area (Å²) in [5.41, 5.74) is 9.23. The lowest BCUT2D eigenvalue weighted by atomic mass is 9.79. The van der Waals surface area contributed by atoms with Crippen LogP contribution in [0, 0.1) is 0 Å². The van der Waals surface area contributed by atoms with E-state index in [1.165, 1.54) is 5.56 Å². The van der Waals surface area contributed by atoms with E-state index in [1.807, 2.05) is 23.1 Å². The zero-order valence-corrected chi connectivity index (χ0v) is 17.6. The fourth-order valence-electron chi connectivity index (χ4n) is 4.58. The number of amides is 1. The zero-order valence-electron chi connectivity index (χ0n) is 17.6. The summed E-state index contributed by atoms with van der Waals surface area (Å²) in [5.74, 6) is 1.44. The van der Waals surface area contributed by atoms with Crippen molar-refractivity contribution in [3.8, 4) is 11.5 Å². The van der Waals surface area contributed by atoms with Gasteiger partial charge in [0.2, 0.25) is 5.91 Å². The first-order valence-electron chi connectivity index (χ1n) is 10.4. The second kappa shape index (κ2) is 8.62. The van der Waals surface area contributed by atoms with Crippen molar-refractivity contribution in [1.29, 1.82) is 0 Å². The fourth-order valence-corrected chi connectivity index (χ4v) is 4.58. The molecule has 1 spiro atoms. The largest absolute Gasteiger partial charge is 0.493 e. The van der Waals surface area contributed by atoms with Crippen LogP contribution in [0.1, 0.15) is 29.5 Å². The molecule has 1 aromatic heterocycles. The second-order valence-corrected chi connectivity index (χ2v) is 7.95. The number of aromatic nitrogens is 1. The summed E-state index contributed by atoms with van der Waals surface area (Å²) in [4.78, 5) is 18.8. The minimum Gasteiger partial charge on any atom is -0.493 e.